The van der Waals surface area contributed by atoms with E-state index in [-0.39, 0.29) is 22.9 Å². The maximum atomic E-state index is 13.5. The summed E-state index contributed by atoms with van der Waals surface area (Å²) >= 11 is 19.8. The lowest BCUT2D eigenvalue weighted by atomic mass is 10.1. The standard InChI is InChI=1S/C26H18Cl3N3O2S/c1-15-7-9-18(13-22(15)29)31-24(33)20(14-30)26-32(19-5-3-2-4-6-19)25(34)23(35-26)12-16-11-17(27)8-10-21(16)28/h2-11,13,23H,12H2,1H3,(H,31,33). The van der Waals surface area contributed by atoms with Crippen molar-refractivity contribution in [2.45, 2.75) is 18.6 Å². The molecule has 3 aromatic rings. The van der Waals surface area contributed by atoms with Gasteiger partial charge in [0.1, 0.15) is 16.7 Å². The van der Waals surface area contributed by atoms with Crippen LogP contribution in [0, 0.1) is 18.3 Å². The van der Waals surface area contributed by atoms with E-state index in [9.17, 15) is 14.9 Å². The van der Waals surface area contributed by atoms with Gasteiger partial charge in [-0.3, -0.25) is 14.5 Å². The van der Waals surface area contributed by atoms with Gasteiger partial charge in [0.2, 0.25) is 5.91 Å². The van der Waals surface area contributed by atoms with Crippen molar-refractivity contribution in [1.29, 1.82) is 5.26 Å². The normalized spacial score (nSPS) is 16.7. The van der Waals surface area contributed by atoms with E-state index in [4.69, 9.17) is 34.8 Å². The summed E-state index contributed by atoms with van der Waals surface area (Å²) in [7, 11) is 0. The van der Waals surface area contributed by atoms with Crippen LogP contribution < -0.4 is 10.2 Å². The number of benzene rings is 3. The number of hydrogen-bond acceptors (Lipinski definition) is 4. The first-order valence-corrected chi connectivity index (χ1v) is 12.5. The van der Waals surface area contributed by atoms with Crippen LogP contribution in [-0.2, 0) is 16.0 Å². The van der Waals surface area contributed by atoms with Crippen LogP contribution in [0.1, 0.15) is 11.1 Å². The van der Waals surface area contributed by atoms with Crippen molar-refractivity contribution in [2.24, 2.45) is 0 Å². The van der Waals surface area contributed by atoms with Crippen molar-refractivity contribution in [3.05, 3.63) is 104 Å². The number of halogens is 3. The van der Waals surface area contributed by atoms with E-state index in [2.05, 4.69) is 5.32 Å². The van der Waals surface area contributed by atoms with Crippen molar-refractivity contribution in [1.82, 2.24) is 0 Å². The van der Waals surface area contributed by atoms with Gasteiger partial charge in [0.15, 0.2) is 0 Å². The molecular weight excluding hydrogens is 525 g/mol. The molecular formula is C26H18Cl3N3O2S. The summed E-state index contributed by atoms with van der Waals surface area (Å²) in [5.41, 5.74) is 2.39. The molecule has 1 fully saturated rings. The van der Waals surface area contributed by atoms with Crippen LogP contribution in [-0.4, -0.2) is 17.1 Å². The first kappa shape index (κ1) is 25.2. The molecule has 1 aliphatic heterocycles. The molecule has 3 aromatic carbocycles. The van der Waals surface area contributed by atoms with Gasteiger partial charge in [-0.05, 0) is 66.9 Å². The number of para-hydroxylation sites is 1. The third kappa shape index (κ3) is 5.50. The lowest BCUT2D eigenvalue weighted by Gasteiger charge is -2.18. The zero-order valence-corrected chi connectivity index (χ0v) is 21.5. The second kappa shape index (κ2) is 10.8. The number of nitrogens with one attached hydrogen (secondary N) is 1. The highest BCUT2D eigenvalue weighted by Crippen LogP contribution is 2.42. The Bertz CT molecular complexity index is 1390. The maximum absolute atomic E-state index is 13.5. The van der Waals surface area contributed by atoms with Crippen molar-refractivity contribution in [3.8, 4) is 6.07 Å². The Kier molecular flexibility index (Phi) is 7.73. The zero-order valence-electron chi connectivity index (χ0n) is 18.4. The van der Waals surface area contributed by atoms with Crippen LogP contribution in [0.4, 0.5) is 11.4 Å². The van der Waals surface area contributed by atoms with Gasteiger partial charge in [0.05, 0.1) is 5.25 Å². The molecule has 0 radical (unpaired) electrons. The highest BCUT2D eigenvalue weighted by atomic mass is 35.5. The summed E-state index contributed by atoms with van der Waals surface area (Å²) in [5.74, 6) is -0.892. The van der Waals surface area contributed by atoms with Crippen LogP contribution in [0.3, 0.4) is 0 Å². The van der Waals surface area contributed by atoms with Gasteiger partial charge in [-0.2, -0.15) is 5.26 Å². The van der Waals surface area contributed by atoms with E-state index in [0.29, 0.717) is 32.0 Å². The number of aryl methyl sites for hydroxylation is 1. The lowest BCUT2D eigenvalue weighted by molar-refractivity contribution is -0.117. The van der Waals surface area contributed by atoms with Gasteiger partial charge in [-0.15, -0.1) is 0 Å². The minimum Gasteiger partial charge on any atom is -0.321 e. The molecule has 1 saturated heterocycles. The van der Waals surface area contributed by atoms with Gasteiger partial charge >= 0.3 is 0 Å². The summed E-state index contributed by atoms with van der Waals surface area (Å²) in [6.07, 6.45) is 0.281. The van der Waals surface area contributed by atoms with E-state index in [0.717, 1.165) is 17.3 Å². The van der Waals surface area contributed by atoms with E-state index < -0.39 is 11.2 Å². The van der Waals surface area contributed by atoms with Crippen molar-refractivity contribution < 1.29 is 9.59 Å². The molecule has 0 bridgehead atoms. The topological polar surface area (TPSA) is 73.2 Å². The first-order chi connectivity index (χ1) is 16.8. The van der Waals surface area contributed by atoms with Crippen molar-refractivity contribution in [3.63, 3.8) is 0 Å². The van der Waals surface area contributed by atoms with Crippen molar-refractivity contribution >= 4 is 69.8 Å². The molecule has 1 atom stereocenters. The fraction of sp³-hybridized carbons (Fsp3) is 0.115. The number of amides is 2. The Morgan fingerprint density at radius 2 is 1.80 bits per heavy atom. The average molecular weight is 543 g/mol. The van der Waals surface area contributed by atoms with E-state index in [1.165, 1.54) is 4.90 Å². The molecule has 9 heteroatoms. The lowest BCUT2D eigenvalue weighted by Crippen LogP contribution is -2.31. The smallest absolute Gasteiger partial charge is 0.269 e. The molecule has 5 nitrogen and oxygen atoms in total. The molecule has 4 rings (SSSR count). The third-order valence-corrected chi connectivity index (χ3v) is 7.64. The second-order valence-corrected chi connectivity index (χ2v) is 10.2. The van der Waals surface area contributed by atoms with Crippen LogP contribution in [0.25, 0.3) is 0 Å². The number of carbonyl (C=O) groups is 2. The zero-order chi connectivity index (χ0) is 25.1. The Hall–Kier alpha value is -2.95. The predicted octanol–water partition coefficient (Wildman–Crippen LogP) is 7.02. The highest BCUT2D eigenvalue weighted by Gasteiger charge is 2.41. The number of thioether (sulfide) groups is 1. The largest absolute Gasteiger partial charge is 0.321 e. The molecule has 1 N–H and O–H groups in total. The van der Waals surface area contributed by atoms with Crippen LogP contribution in [0.2, 0.25) is 15.1 Å². The van der Waals surface area contributed by atoms with E-state index >= 15 is 0 Å². The van der Waals surface area contributed by atoms with Crippen LogP contribution >= 0.6 is 46.6 Å². The van der Waals surface area contributed by atoms with Gasteiger partial charge in [-0.25, -0.2) is 0 Å². The third-order valence-electron chi connectivity index (χ3n) is 5.36. The van der Waals surface area contributed by atoms with Gasteiger partial charge in [0.25, 0.3) is 5.91 Å². The Morgan fingerprint density at radius 3 is 2.49 bits per heavy atom. The van der Waals surface area contributed by atoms with E-state index in [1.54, 1.807) is 60.7 Å². The molecule has 1 heterocycles. The fourth-order valence-corrected chi connectivity index (χ4v) is 5.43. The predicted molar refractivity (Wildman–Crippen MR) is 143 cm³/mol. The molecule has 0 aromatic heterocycles. The maximum Gasteiger partial charge on any atom is 0.269 e. The molecule has 35 heavy (non-hydrogen) atoms. The van der Waals surface area contributed by atoms with Crippen LogP contribution in [0.5, 0.6) is 0 Å². The SMILES string of the molecule is Cc1ccc(NC(=O)C(C#N)=C2SC(Cc3cc(Cl)ccc3Cl)C(=O)N2c2ccccc2)cc1Cl. The molecule has 2 amide bonds. The molecule has 0 spiro atoms. The summed E-state index contributed by atoms with van der Waals surface area (Å²) in [6, 6.07) is 21.0. The number of carbonyl (C=O) groups excluding carboxylic acids is 2. The quantitative estimate of drug-likeness (QED) is 0.278. The number of anilines is 2. The van der Waals surface area contributed by atoms with E-state index in [1.807, 2.05) is 19.1 Å². The Morgan fingerprint density at radius 1 is 1.06 bits per heavy atom. The molecule has 0 saturated carbocycles. The van der Waals surface area contributed by atoms with Gasteiger partial charge in [-0.1, -0.05) is 70.8 Å². The van der Waals surface area contributed by atoms with Gasteiger partial charge < -0.3 is 5.32 Å². The Balaban J connectivity index is 1.73. The monoisotopic (exact) mass is 541 g/mol. The van der Waals surface area contributed by atoms with Gasteiger partial charge in [0, 0.05) is 26.4 Å². The minimum absolute atomic E-state index is 0.177. The first-order valence-electron chi connectivity index (χ1n) is 10.5. The fourth-order valence-electron chi connectivity index (χ4n) is 3.56. The summed E-state index contributed by atoms with van der Waals surface area (Å²) in [6.45, 7) is 1.85. The summed E-state index contributed by atoms with van der Waals surface area (Å²) in [4.78, 5) is 28.1. The number of rotatable bonds is 5. The number of hydrogen-bond donors (Lipinski definition) is 1. The molecule has 176 valence electrons. The van der Waals surface area contributed by atoms with Crippen LogP contribution in [0.15, 0.2) is 77.3 Å². The highest BCUT2D eigenvalue weighted by molar-refractivity contribution is 8.05. The number of nitriles is 1. The second-order valence-electron chi connectivity index (χ2n) is 7.77. The minimum atomic E-state index is -0.634. The van der Waals surface area contributed by atoms with Crippen molar-refractivity contribution in [2.75, 3.05) is 10.2 Å². The summed E-state index contributed by atoms with van der Waals surface area (Å²) in [5, 5.41) is 13.8. The average Bonchev–Trinajstić information content (AvgIpc) is 3.15. The molecule has 1 unspecified atom stereocenters. The summed E-state index contributed by atoms with van der Waals surface area (Å²) < 4.78 is 0. The molecule has 0 aliphatic carbocycles. The Labute approximate surface area is 222 Å². The molecule has 1 aliphatic rings. The number of nitrogens with zero attached hydrogens (tertiary/aromatic N) is 2.